The molecule has 76 valence electrons. The standard InChI is InChI=1S/C10H19NO2/c1-7-5-8(12)6-11(7)9-3-2-4-10(9)13/h7-10,12-13H,2-6H2,1H3. The molecule has 4 atom stereocenters. The molecule has 0 aromatic carbocycles. The average Bonchev–Trinajstić information content (AvgIpc) is 2.58. The molecule has 0 bridgehead atoms. The Morgan fingerprint density at radius 2 is 2.00 bits per heavy atom. The summed E-state index contributed by atoms with van der Waals surface area (Å²) in [6.07, 6.45) is 3.69. The third-order valence-corrected chi connectivity index (χ3v) is 3.47. The van der Waals surface area contributed by atoms with Gasteiger partial charge in [0.15, 0.2) is 0 Å². The van der Waals surface area contributed by atoms with E-state index in [4.69, 9.17) is 0 Å². The van der Waals surface area contributed by atoms with Gasteiger partial charge in [-0.15, -0.1) is 0 Å². The molecule has 1 saturated carbocycles. The molecule has 1 saturated heterocycles. The fourth-order valence-electron chi connectivity index (χ4n) is 2.80. The van der Waals surface area contributed by atoms with E-state index in [9.17, 15) is 10.2 Å². The van der Waals surface area contributed by atoms with Crippen LogP contribution < -0.4 is 0 Å². The van der Waals surface area contributed by atoms with Crippen molar-refractivity contribution >= 4 is 0 Å². The number of aliphatic hydroxyl groups excluding tert-OH is 2. The molecule has 0 amide bonds. The van der Waals surface area contributed by atoms with Crippen molar-refractivity contribution in [1.29, 1.82) is 0 Å². The Kier molecular flexibility index (Phi) is 2.58. The number of hydrogen-bond acceptors (Lipinski definition) is 3. The van der Waals surface area contributed by atoms with Crippen LogP contribution in [0.3, 0.4) is 0 Å². The lowest BCUT2D eigenvalue weighted by Crippen LogP contribution is -2.42. The summed E-state index contributed by atoms with van der Waals surface area (Å²) >= 11 is 0. The Balaban J connectivity index is 1.99. The topological polar surface area (TPSA) is 43.7 Å². The number of likely N-dealkylation sites (tertiary alicyclic amines) is 1. The van der Waals surface area contributed by atoms with Gasteiger partial charge in [0.25, 0.3) is 0 Å². The molecule has 1 aliphatic carbocycles. The zero-order chi connectivity index (χ0) is 9.42. The van der Waals surface area contributed by atoms with E-state index in [0.717, 1.165) is 32.2 Å². The highest BCUT2D eigenvalue weighted by Crippen LogP contribution is 2.30. The van der Waals surface area contributed by atoms with Gasteiger partial charge in [-0.25, -0.2) is 0 Å². The minimum atomic E-state index is -0.178. The zero-order valence-electron chi connectivity index (χ0n) is 8.19. The Morgan fingerprint density at radius 1 is 1.23 bits per heavy atom. The Labute approximate surface area is 79.4 Å². The quantitative estimate of drug-likeness (QED) is 0.619. The molecule has 2 fully saturated rings. The minimum Gasteiger partial charge on any atom is -0.392 e. The maximum atomic E-state index is 9.73. The molecule has 1 aliphatic heterocycles. The molecule has 2 rings (SSSR count). The molecular weight excluding hydrogens is 166 g/mol. The predicted molar refractivity (Wildman–Crippen MR) is 50.4 cm³/mol. The monoisotopic (exact) mass is 185 g/mol. The fourth-order valence-corrected chi connectivity index (χ4v) is 2.80. The van der Waals surface area contributed by atoms with Crippen LogP contribution in [0.25, 0.3) is 0 Å². The third-order valence-electron chi connectivity index (χ3n) is 3.47. The summed E-state index contributed by atoms with van der Waals surface area (Å²) in [5.74, 6) is 0. The number of rotatable bonds is 1. The first-order chi connectivity index (χ1) is 6.18. The first-order valence-electron chi connectivity index (χ1n) is 5.30. The predicted octanol–water partition coefficient (Wildman–Crippen LogP) is 0.355. The van der Waals surface area contributed by atoms with Gasteiger partial charge in [0, 0.05) is 18.6 Å². The van der Waals surface area contributed by atoms with Gasteiger partial charge in [-0.05, 0) is 32.6 Å². The number of hydrogen-bond donors (Lipinski definition) is 2. The molecule has 0 radical (unpaired) electrons. The normalized spacial score (nSPS) is 47.3. The van der Waals surface area contributed by atoms with Crippen LogP contribution in [0.2, 0.25) is 0 Å². The van der Waals surface area contributed by atoms with Crippen LogP contribution in [-0.2, 0) is 0 Å². The van der Waals surface area contributed by atoms with Crippen LogP contribution in [-0.4, -0.2) is 45.9 Å². The van der Waals surface area contributed by atoms with Crippen LogP contribution in [0.5, 0.6) is 0 Å². The lowest BCUT2D eigenvalue weighted by Gasteiger charge is -2.30. The molecule has 0 aromatic rings. The smallest absolute Gasteiger partial charge is 0.0695 e. The highest BCUT2D eigenvalue weighted by molar-refractivity contribution is 4.92. The van der Waals surface area contributed by atoms with Gasteiger partial charge in [-0.3, -0.25) is 4.90 Å². The fraction of sp³-hybridized carbons (Fsp3) is 1.00. The molecule has 3 heteroatoms. The summed E-state index contributed by atoms with van der Waals surface area (Å²) in [6.45, 7) is 2.89. The maximum absolute atomic E-state index is 9.73. The van der Waals surface area contributed by atoms with Gasteiger partial charge < -0.3 is 10.2 Å². The molecule has 2 aliphatic rings. The highest BCUT2D eigenvalue weighted by atomic mass is 16.3. The Hall–Kier alpha value is -0.120. The lowest BCUT2D eigenvalue weighted by atomic mass is 10.1. The Morgan fingerprint density at radius 3 is 2.46 bits per heavy atom. The average molecular weight is 185 g/mol. The largest absolute Gasteiger partial charge is 0.392 e. The second-order valence-electron chi connectivity index (χ2n) is 4.50. The van der Waals surface area contributed by atoms with Crippen LogP contribution >= 0.6 is 0 Å². The first kappa shape index (κ1) is 9.44. The van der Waals surface area contributed by atoms with Gasteiger partial charge in [0.1, 0.15) is 0 Å². The summed E-state index contributed by atoms with van der Waals surface area (Å²) in [5.41, 5.74) is 0. The van der Waals surface area contributed by atoms with E-state index < -0.39 is 0 Å². The van der Waals surface area contributed by atoms with E-state index in [-0.39, 0.29) is 12.2 Å². The molecular formula is C10H19NO2. The van der Waals surface area contributed by atoms with Crippen molar-refractivity contribution in [2.75, 3.05) is 6.54 Å². The number of aliphatic hydroxyl groups is 2. The second-order valence-corrected chi connectivity index (χ2v) is 4.50. The summed E-state index contributed by atoms with van der Waals surface area (Å²) in [5, 5.41) is 19.2. The zero-order valence-corrected chi connectivity index (χ0v) is 8.19. The van der Waals surface area contributed by atoms with Crippen molar-refractivity contribution in [2.24, 2.45) is 0 Å². The van der Waals surface area contributed by atoms with Crippen LogP contribution in [0.15, 0.2) is 0 Å². The molecule has 0 spiro atoms. The molecule has 2 N–H and O–H groups in total. The molecule has 3 nitrogen and oxygen atoms in total. The van der Waals surface area contributed by atoms with E-state index in [1.165, 1.54) is 0 Å². The maximum Gasteiger partial charge on any atom is 0.0695 e. The van der Waals surface area contributed by atoms with E-state index in [0.29, 0.717) is 12.1 Å². The highest BCUT2D eigenvalue weighted by Gasteiger charge is 2.38. The summed E-state index contributed by atoms with van der Waals surface area (Å²) < 4.78 is 0. The number of β-amino-alcohol motifs (C(OH)–C–C–N with tert-alkyl or cyclic N) is 1. The van der Waals surface area contributed by atoms with Gasteiger partial charge in [-0.1, -0.05) is 0 Å². The van der Waals surface area contributed by atoms with Crippen molar-refractivity contribution in [2.45, 2.75) is 56.9 Å². The third kappa shape index (κ3) is 1.73. The lowest BCUT2D eigenvalue weighted by molar-refractivity contribution is 0.0603. The number of nitrogens with zero attached hydrogens (tertiary/aromatic N) is 1. The Bertz CT molecular complexity index is 186. The summed E-state index contributed by atoms with van der Waals surface area (Å²) in [6, 6.07) is 0.750. The molecule has 13 heavy (non-hydrogen) atoms. The van der Waals surface area contributed by atoms with Crippen LogP contribution in [0.4, 0.5) is 0 Å². The molecule has 0 aromatic heterocycles. The van der Waals surface area contributed by atoms with Crippen molar-refractivity contribution in [1.82, 2.24) is 4.90 Å². The van der Waals surface area contributed by atoms with Crippen LogP contribution in [0.1, 0.15) is 32.6 Å². The SMILES string of the molecule is CC1CC(O)CN1C1CCCC1O. The molecule has 1 heterocycles. The minimum absolute atomic E-state index is 0.159. The van der Waals surface area contributed by atoms with Crippen molar-refractivity contribution < 1.29 is 10.2 Å². The van der Waals surface area contributed by atoms with Gasteiger partial charge in [0.2, 0.25) is 0 Å². The van der Waals surface area contributed by atoms with E-state index in [1.54, 1.807) is 0 Å². The molecule has 4 unspecified atom stereocenters. The van der Waals surface area contributed by atoms with E-state index in [2.05, 4.69) is 11.8 Å². The second kappa shape index (κ2) is 3.56. The van der Waals surface area contributed by atoms with Gasteiger partial charge in [-0.2, -0.15) is 0 Å². The van der Waals surface area contributed by atoms with E-state index in [1.807, 2.05) is 0 Å². The van der Waals surface area contributed by atoms with Crippen molar-refractivity contribution in [3.8, 4) is 0 Å². The van der Waals surface area contributed by atoms with Gasteiger partial charge >= 0.3 is 0 Å². The van der Waals surface area contributed by atoms with Gasteiger partial charge in [0.05, 0.1) is 12.2 Å². The van der Waals surface area contributed by atoms with Crippen LogP contribution in [0, 0.1) is 0 Å². The van der Waals surface area contributed by atoms with E-state index >= 15 is 0 Å². The van der Waals surface area contributed by atoms with Crippen molar-refractivity contribution in [3.05, 3.63) is 0 Å². The summed E-state index contributed by atoms with van der Waals surface area (Å²) in [7, 11) is 0. The first-order valence-corrected chi connectivity index (χ1v) is 5.30. The van der Waals surface area contributed by atoms with Crippen molar-refractivity contribution in [3.63, 3.8) is 0 Å². The summed E-state index contributed by atoms with van der Waals surface area (Å²) in [4.78, 5) is 2.28.